The third-order valence-corrected chi connectivity index (χ3v) is 10.4. The molecule has 0 saturated heterocycles. The Morgan fingerprint density at radius 1 is 0.388 bits per heavy atom. The molecule has 2 heteroatoms. The molecule has 0 amide bonds. The van der Waals surface area contributed by atoms with E-state index in [-0.39, 0.29) is 0 Å². The van der Waals surface area contributed by atoms with E-state index in [2.05, 4.69) is 185 Å². The van der Waals surface area contributed by atoms with Gasteiger partial charge in [0, 0.05) is 33.5 Å². The van der Waals surface area contributed by atoms with Crippen LogP contribution in [0.5, 0.6) is 0 Å². The first kappa shape index (κ1) is 29.3. The Balaban J connectivity index is 1.08. The maximum Gasteiger partial charge on any atom is 0.0541 e. The van der Waals surface area contributed by atoms with Gasteiger partial charge in [-0.25, -0.2) is 0 Å². The van der Waals surface area contributed by atoms with Gasteiger partial charge in [-0.15, -0.1) is 0 Å². The summed E-state index contributed by atoms with van der Waals surface area (Å²) < 4.78 is 2.38. The van der Waals surface area contributed by atoms with Crippen LogP contribution in [-0.2, 0) is 0 Å². The molecule has 1 heterocycles. The first-order valence-corrected chi connectivity index (χ1v) is 17.5. The lowest BCUT2D eigenvalue weighted by Crippen LogP contribution is -2.10. The van der Waals surface area contributed by atoms with Gasteiger partial charge in [-0.2, -0.15) is 0 Å². The zero-order valence-corrected chi connectivity index (χ0v) is 27.5. The zero-order chi connectivity index (χ0) is 32.6. The third-order valence-electron chi connectivity index (χ3n) is 10.4. The first-order chi connectivity index (χ1) is 24.3. The van der Waals surface area contributed by atoms with Gasteiger partial charge in [-0.3, -0.25) is 0 Å². The van der Waals surface area contributed by atoms with Crippen molar-refractivity contribution in [1.29, 1.82) is 0 Å². The van der Waals surface area contributed by atoms with Gasteiger partial charge in [0.1, 0.15) is 0 Å². The van der Waals surface area contributed by atoms with Gasteiger partial charge in [-0.1, -0.05) is 128 Å². The molecule has 9 rings (SSSR count). The van der Waals surface area contributed by atoms with Crippen molar-refractivity contribution >= 4 is 38.9 Å². The smallest absolute Gasteiger partial charge is 0.0541 e. The lowest BCUT2D eigenvalue weighted by molar-refractivity contribution is 0.723. The Morgan fingerprint density at radius 2 is 0.796 bits per heavy atom. The van der Waals surface area contributed by atoms with Crippen molar-refractivity contribution in [2.45, 2.75) is 31.6 Å². The lowest BCUT2D eigenvalue weighted by Gasteiger charge is -2.26. The molecule has 1 aliphatic rings. The van der Waals surface area contributed by atoms with Crippen molar-refractivity contribution in [1.82, 2.24) is 4.57 Å². The molecule has 8 aromatic rings. The van der Waals surface area contributed by atoms with Crippen molar-refractivity contribution in [3.05, 3.63) is 181 Å². The SMILES string of the molecule is c1ccc(-c2ccc(-c3ccc(N(c4ccc(C5CCCC5)cc4)c4ccc(-n5c6ccccc6c6ccccc65)cc4)cc3)cc2)cc1. The van der Waals surface area contributed by atoms with Gasteiger partial charge < -0.3 is 9.47 Å². The number of aromatic nitrogens is 1. The maximum absolute atomic E-state index is 2.39. The predicted octanol–water partition coefficient (Wildman–Crippen LogP) is 13.2. The molecule has 0 bridgehead atoms. The number of benzene rings is 7. The fourth-order valence-electron chi connectivity index (χ4n) is 7.84. The van der Waals surface area contributed by atoms with Crippen molar-refractivity contribution in [3.63, 3.8) is 0 Å². The quantitative estimate of drug-likeness (QED) is 0.170. The Morgan fingerprint density at radius 3 is 1.33 bits per heavy atom. The molecule has 0 aliphatic heterocycles. The number of para-hydroxylation sites is 2. The van der Waals surface area contributed by atoms with Crippen molar-refractivity contribution in [2.24, 2.45) is 0 Å². The van der Waals surface area contributed by atoms with Crippen LogP contribution in [-0.4, -0.2) is 4.57 Å². The highest BCUT2D eigenvalue weighted by atomic mass is 15.1. The van der Waals surface area contributed by atoms with Crippen molar-refractivity contribution in [2.75, 3.05) is 4.90 Å². The lowest BCUT2D eigenvalue weighted by atomic mass is 9.97. The number of hydrogen-bond donors (Lipinski definition) is 0. The van der Waals surface area contributed by atoms with E-state index in [9.17, 15) is 0 Å². The molecule has 1 saturated carbocycles. The zero-order valence-electron chi connectivity index (χ0n) is 27.5. The van der Waals surface area contributed by atoms with E-state index >= 15 is 0 Å². The number of rotatable bonds is 7. The van der Waals surface area contributed by atoms with Crippen LogP contribution in [0.3, 0.4) is 0 Å². The summed E-state index contributed by atoms with van der Waals surface area (Å²) in [5.41, 5.74) is 13.4. The third kappa shape index (κ3) is 5.50. The number of nitrogens with zero attached hydrogens (tertiary/aromatic N) is 2. The highest BCUT2D eigenvalue weighted by Gasteiger charge is 2.19. The van der Waals surface area contributed by atoms with Gasteiger partial charge >= 0.3 is 0 Å². The molecule has 0 unspecified atom stereocenters. The Labute approximate surface area is 288 Å². The van der Waals surface area contributed by atoms with Crippen LogP contribution < -0.4 is 4.90 Å². The molecule has 0 atom stereocenters. The van der Waals surface area contributed by atoms with Crippen LogP contribution in [0.2, 0.25) is 0 Å². The predicted molar refractivity (Wildman–Crippen MR) is 208 cm³/mol. The largest absolute Gasteiger partial charge is 0.311 e. The van der Waals surface area contributed by atoms with E-state index < -0.39 is 0 Å². The van der Waals surface area contributed by atoms with E-state index in [1.165, 1.54) is 81.0 Å². The average Bonchev–Trinajstić information content (AvgIpc) is 3.84. The van der Waals surface area contributed by atoms with Gasteiger partial charge in [-0.05, 0) is 107 Å². The summed E-state index contributed by atoms with van der Waals surface area (Å²) in [5, 5.41) is 2.56. The molecule has 1 fully saturated rings. The topological polar surface area (TPSA) is 8.17 Å². The Bertz CT molecular complexity index is 2290. The average molecular weight is 631 g/mol. The summed E-state index contributed by atoms with van der Waals surface area (Å²) in [7, 11) is 0. The van der Waals surface area contributed by atoms with Crippen LogP contribution in [0.25, 0.3) is 49.7 Å². The highest BCUT2D eigenvalue weighted by molar-refractivity contribution is 6.09. The fourth-order valence-corrected chi connectivity index (χ4v) is 7.84. The van der Waals surface area contributed by atoms with Crippen LogP contribution in [0.15, 0.2) is 176 Å². The van der Waals surface area contributed by atoms with E-state index in [0.29, 0.717) is 5.92 Å². The molecule has 236 valence electrons. The number of fused-ring (bicyclic) bond motifs is 3. The maximum atomic E-state index is 2.39. The van der Waals surface area contributed by atoms with Gasteiger partial charge in [0.15, 0.2) is 0 Å². The van der Waals surface area contributed by atoms with Gasteiger partial charge in [0.2, 0.25) is 0 Å². The summed E-state index contributed by atoms with van der Waals surface area (Å²) in [6.45, 7) is 0. The summed E-state index contributed by atoms with van der Waals surface area (Å²) in [6.07, 6.45) is 5.30. The van der Waals surface area contributed by atoms with Crippen LogP contribution in [0, 0.1) is 0 Å². The minimum absolute atomic E-state index is 0.695. The fraction of sp³-hybridized carbons (Fsp3) is 0.106. The molecule has 1 aromatic heterocycles. The highest BCUT2D eigenvalue weighted by Crippen LogP contribution is 2.40. The molecule has 2 nitrogen and oxygen atoms in total. The number of hydrogen-bond acceptors (Lipinski definition) is 1. The molecular weight excluding hydrogens is 593 g/mol. The first-order valence-electron chi connectivity index (χ1n) is 17.5. The van der Waals surface area contributed by atoms with Crippen LogP contribution >= 0.6 is 0 Å². The summed E-state index contributed by atoms with van der Waals surface area (Å²) in [6, 6.07) is 64.2. The van der Waals surface area contributed by atoms with E-state index in [4.69, 9.17) is 0 Å². The molecule has 0 spiro atoms. The molecule has 0 N–H and O–H groups in total. The summed E-state index contributed by atoms with van der Waals surface area (Å²) >= 11 is 0. The standard InChI is InChI=1S/C47H38N2/c1-2-10-34(11-3-1)36-18-20-37(21-19-36)39-24-28-41(29-25-39)48(40-26-22-38(23-27-40)35-12-4-5-13-35)42-30-32-43(33-31-42)49-46-16-8-6-14-44(46)45-15-7-9-17-47(45)49/h1-3,6-11,14-33,35H,4-5,12-13H2. The van der Waals surface area contributed by atoms with Crippen LogP contribution in [0.4, 0.5) is 17.1 Å². The van der Waals surface area contributed by atoms with Crippen molar-refractivity contribution in [3.8, 4) is 27.9 Å². The second kappa shape index (κ2) is 12.6. The molecule has 1 aliphatic carbocycles. The van der Waals surface area contributed by atoms with Gasteiger partial charge in [0.05, 0.1) is 11.0 Å². The second-order valence-electron chi connectivity index (χ2n) is 13.3. The normalized spacial score (nSPS) is 13.3. The molecule has 49 heavy (non-hydrogen) atoms. The summed E-state index contributed by atoms with van der Waals surface area (Å²) in [5.74, 6) is 0.695. The van der Waals surface area contributed by atoms with E-state index in [0.717, 1.165) is 17.1 Å². The Hall–Kier alpha value is -5.86. The molecule has 7 aromatic carbocycles. The minimum atomic E-state index is 0.695. The Kier molecular flexibility index (Phi) is 7.55. The summed E-state index contributed by atoms with van der Waals surface area (Å²) in [4.78, 5) is 2.39. The monoisotopic (exact) mass is 630 g/mol. The van der Waals surface area contributed by atoms with E-state index in [1.807, 2.05) is 0 Å². The number of anilines is 3. The van der Waals surface area contributed by atoms with Gasteiger partial charge in [0.25, 0.3) is 0 Å². The molecular formula is C47H38N2. The minimum Gasteiger partial charge on any atom is -0.311 e. The molecule has 0 radical (unpaired) electrons. The van der Waals surface area contributed by atoms with Crippen LogP contribution in [0.1, 0.15) is 37.2 Å². The second-order valence-corrected chi connectivity index (χ2v) is 13.3. The van der Waals surface area contributed by atoms with Crippen molar-refractivity contribution < 1.29 is 0 Å². The van der Waals surface area contributed by atoms with E-state index in [1.54, 1.807) is 0 Å².